The van der Waals surface area contributed by atoms with E-state index in [-0.39, 0.29) is 0 Å². The van der Waals surface area contributed by atoms with Gasteiger partial charge in [-0.3, -0.25) is 19.0 Å². The molecule has 7 nitrogen and oxygen atoms in total. The van der Waals surface area contributed by atoms with E-state index >= 15 is 0 Å². The van der Waals surface area contributed by atoms with Gasteiger partial charge in [-0.25, -0.2) is 0 Å². The fourth-order valence-corrected chi connectivity index (χ4v) is 3.35. The Bertz CT molecular complexity index is 1140. The highest BCUT2D eigenvalue weighted by atomic mass is 35.5. The van der Waals surface area contributed by atoms with Gasteiger partial charge >= 0.3 is 0 Å². The molecular formula is C16H13Cl2N7S. The minimum absolute atomic E-state index is 0.480. The molecule has 1 aromatic carbocycles. The highest BCUT2D eigenvalue weighted by molar-refractivity contribution is 7.71. The quantitative estimate of drug-likeness (QED) is 0.523. The van der Waals surface area contributed by atoms with Crippen LogP contribution in [0.5, 0.6) is 0 Å². The summed E-state index contributed by atoms with van der Waals surface area (Å²) < 4.78 is 5.79. The number of nitrogens with zero attached hydrogens (tertiary/aromatic N) is 6. The molecule has 132 valence electrons. The average molecular weight is 406 g/mol. The molecule has 3 heterocycles. The molecule has 26 heavy (non-hydrogen) atoms. The van der Waals surface area contributed by atoms with Gasteiger partial charge in [0, 0.05) is 29.5 Å². The monoisotopic (exact) mass is 405 g/mol. The van der Waals surface area contributed by atoms with Crippen LogP contribution >= 0.6 is 35.4 Å². The molecule has 4 rings (SSSR count). The van der Waals surface area contributed by atoms with Crippen LogP contribution in [0.25, 0.3) is 17.1 Å². The third-order valence-electron chi connectivity index (χ3n) is 3.86. The smallest absolute Gasteiger partial charge is 0.200 e. The van der Waals surface area contributed by atoms with Crippen molar-refractivity contribution in [3.8, 4) is 17.1 Å². The lowest BCUT2D eigenvalue weighted by atomic mass is 10.2. The molecule has 1 N–H and O–H groups in total. The first-order chi connectivity index (χ1) is 12.5. The standard InChI is InChI=1S/C16H13Cl2N7S/c1-23-7-11(5-19-23)15-21-22-16(26)25(15)13-6-20-24(9-13)8-10-2-3-12(17)4-14(10)18/h2-7,9H,8H2,1H3,(H,22,26). The Hall–Kier alpha value is -2.42. The maximum Gasteiger partial charge on any atom is 0.200 e. The Morgan fingerprint density at radius 2 is 2.00 bits per heavy atom. The van der Waals surface area contributed by atoms with E-state index in [0.717, 1.165) is 16.8 Å². The predicted octanol–water partition coefficient (Wildman–Crippen LogP) is 3.88. The number of aromatic nitrogens is 7. The van der Waals surface area contributed by atoms with Gasteiger partial charge < -0.3 is 0 Å². The summed E-state index contributed by atoms with van der Waals surface area (Å²) in [6.45, 7) is 0.517. The molecule has 10 heteroatoms. The molecule has 0 saturated carbocycles. The van der Waals surface area contributed by atoms with Crippen LogP contribution in [0.15, 0.2) is 43.0 Å². The first-order valence-electron chi connectivity index (χ1n) is 7.64. The zero-order valence-electron chi connectivity index (χ0n) is 13.6. The number of aromatic amines is 1. The van der Waals surface area contributed by atoms with Gasteiger partial charge in [-0.15, -0.1) is 0 Å². The lowest BCUT2D eigenvalue weighted by Crippen LogP contribution is -2.01. The van der Waals surface area contributed by atoms with Crippen LogP contribution in [-0.4, -0.2) is 34.3 Å². The largest absolute Gasteiger partial charge is 0.275 e. The minimum atomic E-state index is 0.480. The van der Waals surface area contributed by atoms with Crippen LogP contribution in [0.1, 0.15) is 5.56 Å². The van der Waals surface area contributed by atoms with Gasteiger partial charge in [-0.1, -0.05) is 29.3 Å². The molecular weight excluding hydrogens is 393 g/mol. The Morgan fingerprint density at radius 1 is 1.15 bits per heavy atom. The minimum Gasteiger partial charge on any atom is -0.275 e. The number of aryl methyl sites for hydroxylation is 1. The Labute approximate surface area is 163 Å². The van der Waals surface area contributed by atoms with E-state index in [9.17, 15) is 0 Å². The van der Waals surface area contributed by atoms with Gasteiger partial charge in [-0.05, 0) is 29.9 Å². The SMILES string of the molecule is Cn1cc(-c2n[nH]c(=S)n2-c2cnn(Cc3ccc(Cl)cc3Cl)c2)cn1. The highest BCUT2D eigenvalue weighted by Gasteiger charge is 2.14. The van der Waals surface area contributed by atoms with Crippen LogP contribution in [-0.2, 0) is 13.6 Å². The van der Waals surface area contributed by atoms with Crippen molar-refractivity contribution in [2.45, 2.75) is 6.54 Å². The zero-order chi connectivity index (χ0) is 18.3. The van der Waals surface area contributed by atoms with Crippen LogP contribution in [0.3, 0.4) is 0 Å². The van der Waals surface area contributed by atoms with Crippen molar-refractivity contribution in [3.63, 3.8) is 0 Å². The van der Waals surface area contributed by atoms with Crippen LogP contribution in [0, 0.1) is 4.77 Å². The van der Waals surface area contributed by atoms with E-state index < -0.39 is 0 Å². The molecule has 0 bridgehead atoms. The molecule has 0 amide bonds. The number of hydrogen-bond donors (Lipinski definition) is 1. The van der Waals surface area contributed by atoms with Crippen molar-refractivity contribution in [2.24, 2.45) is 7.05 Å². The molecule has 0 saturated heterocycles. The Balaban J connectivity index is 1.69. The predicted molar refractivity (Wildman–Crippen MR) is 102 cm³/mol. The Kier molecular flexibility index (Phi) is 4.39. The average Bonchev–Trinajstić information content (AvgIpc) is 3.30. The van der Waals surface area contributed by atoms with Crippen LogP contribution in [0.4, 0.5) is 0 Å². The number of benzene rings is 1. The first-order valence-corrected chi connectivity index (χ1v) is 8.81. The lowest BCUT2D eigenvalue weighted by molar-refractivity contribution is 0.686. The molecule has 0 unspecified atom stereocenters. The molecule has 0 atom stereocenters. The van der Waals surface area contributed by atoms with Crippen molar-refractivity contribution in [2.75, 3.05) is 0 Å². The van der Waals surface area contributed by atoms with Gasteiger partial charge in [0.05, 0.1) is 30.2 Å². The van der Waals surface area contributed by atoms with Gasteiger partial charge in [0.25, 0.3) is 0 Å². The summed E-state index contributed by atoms with van der Waals surface area (Å²) >= 11 is 17.6. The van der Waals surface area contributed by atoms with Gasteiger partial charge in [-0.2, -0.15) is 15.3 Å². The zero-order valence-corrected chi connectivity index (χ0v) is 15.9. The topological polar surface area (TPSA) is 69.2 Å². The van der Waals surface area contributed by atoms with E-state index in [0.29, 0.717) is 27.2 Å². The van der Waals surface area contributed by atoms with E-state index in [1.54, 1.807) is 33.9 Å². The van der Waals surface area contributed by atoms with Crippen LogP contribution in [0.2, 0.25) is 10.0 Å². The maximum atomic E-state index is 6.25. The van der Waals surface area contributed by atoms with Crippen LogP contribution < -0.4 is 0 Å². The highest BCUT2D eigenvalue weighted by Crippen LogP contribution is 2.23. The summed E-state index contributed by atoms with van der Waals surface area (Å²) in [6, 6.07) is 5.41. The molecule has 0 fully saturated rings. The van der Waals surface area contributed by atoms with Gasteiger partial charge in [0.15, 0.2) is 10.6 Å². The third kappa shape index (κ3) is 3.18. The molecule has 4 aromatic rings. The van der Waals surface area contributed by atoms with E-state index in [1.807, 2.05) is 30.1 Å². The summed E-state index contributed by atoms with van der Waals surface area (Å²) in [6.07, 6.45) is 7.23. The molecule has 0 aliphatic carbocycles. The number of hydrogen-bond acceptors (Lipinski definition) is 4. The number of H-pyrrole nitrogens is 1. The fourth-order valence-electron chi connectivity index (χ4n) is 2.65. The fraction of sp³-hybridized carbons (Fsp3) is 0.125. The van der Waals surface area contributed by atoms with Crippen molar-refractivity contribution in [1.82, 2.24) is 34.3 Å². The summed E-state index contributed by atoms with van der Waals surface area (Å²) in [5, 5.41) is 16.9. The third-order valence-corrected chi connectivity index (χ3v) is 4.72. The molecule has 3 aromatic heterocycles. The summed E-state index contributed by atoms with van der Waals surface area (Å²) in [7, 11) is 1.85. The van der Waals surface area contributed by atoms with E-state index in [2.05, 4.69) is 20.4 Å². The molecule has 0 radical (unpaired) electrons. The molecule has 0 aliphatic rings. The summed E-state index contributed by atoms with van der Waals surface area (Å²) in [5.41, 5.74) is 2.58. The van der Waals surface area contributed by atoms with E-state index in [4.69, 9.17) is 35.4 Å². The van der Waals surface area contributed by atoms with Crippen molar-refractivity contribution >= 4 is 35.4 Å². The number of rotatable bonds is 4. The first kappa shape index (κ1) is 17.0. The second kappa shape index (κ2) is 6.71. The molecule has 0 aliphatic heterocycles. The number of halogens is 2. The van der Waals surface area contributed by atoms with Crippen molar-refractivity contribution < 1.29 is 0 Å². The van der Waals surface area contributed by atoms with E-state index in [1.165, 1.54) is 0 Å². The normalized spacial score (nSPS) is 11.2. The lowest BCUT2D eigenvalue weighted by Gasteiger charge is -2.05. The van der Waals surface area contributed by atoms with Gasteiger partial charge in [0.1, 0.15) is 0 Å². The Morgan fingerprint density at radius 3 is 2.73 bits per heavy atom. The summed E-state index contributed by atoms with van der Waals surface area (Å²) in [4.78, 5) is 0. The second-order valence-electron chi connectivity index (χ2n) is 5.72. The van der Waals surface area contributed by atoms with Gasteiger partial charge in [0.2, 0.25) is 0 Å². The summed E-state index contributed by atoms with van der Waals surface area (Å²) in [5.74, 6) is 0.673. The second-order valence-corrected chi connectivity index (χ2v) is 6.95. The molecule has 0 spiro atoms. The van der Waals surface area contributed by atoms with Crippen molar-refractivity contribution in [1.29, 1.82) is 0 Å². The number of nitrogens with one attached hydrogen (secondary N) is 1. The maximum absolute atomic E-state index is 6.25. The van der Waals surface area contributed by atoms with Crippen molar-refractivity contribution in [3.05, 3.63) is 63.4 Å².